The normalized spacial score (nSPS) is 12.4. The molecule has 146 valence electrons. The fourth-order valence-corrected chi connectivity index (χ4v) is 3.70. The topological polar surface area (TPSA) is 91.4 Å². The fraction of sp³-hybridized carbons (Fsp3) is 0.316. The Morgan fingerprint density at radius 3 is 2.89 bits per heavy atom. The lowest BCUT2D eigenvalue weighted by Crippen LogP contribution is -2.14. The molecule has 0 fully saturated rings. The fourth-order valence-electron chi connectivity index (χ4n) is 2.94. The molecule has 0 radical (unpaired) electrons. The first-order valence-electron chi connectivity index (χ1n) is 8.95. The van der Waals surface area contributed by atoms with Crippen LogP contribution in [0.3, 0.4) is 0 Å². The minimum atomic E-state index is -0.129. The first-order valence-corrected chi connectivity index (χ1v) is 9.94. The predicted molar refractivity (Wildman–Crippen MR) is 105 cm³/mol. The Morgan fingerprint density at radius 1 is 1.25 bits per heavy atom. The number of carbonyl (C=O) groups is 1. The number of furan rings is 1. The number of rotatable bonds is 7. The minimum Gasteiger partial charge on any atom is -0.469 e. The molecule has 1 aliphatic heterocycles. The van der Waals surface area contributed by atoms with Crippen molar-refractivity contribution >= 4 is 23.4 Å². The van der Waals surface area contributed by atoms with Crippen molar-refractivity contribution in [3.63, 3.8) is 0 Å². The molecule has 1 aliphatic rings. The lowest BCUT2D eigenvalue weighted by Gasteiger charge is -2.09. The molecule has 0 unspecified atom stereocenters. The van der Waals surface area contributed by atoms with Gasteiger partial charge in [-0.3, -0.25) is 4.79 Å². The SMILES string of the molecule is CCCn1c(SCC(=O)Nc2ccc3c(c2)OCO3)nnc1-c1ccoc1C. The molecule has 3 heterocycles. The summed E-state index contributed by atoms with van der Waals surface area (Å²) in [7, 11) is 0. The molecule has 0 saturated heterocycles. The highest BCUT2D eigenvalue weighted by molar-refractivity contribution is 7.99. The largest absolute Gasteiger partial charge is 0.469 e. The van der Waals surface area contributed by atoms with Crippen molar-refractivity contribution in [3.05, 3.63) is 36.3 Å². The highest BCUT2D eigenvalue weighted by atomic mass is 32.2. The molecule has 1 amide bonds. The monoisotopic (exact) mass is 400 g/mol. The Labute approximate surface area is 166 Å². The van der Waals surface area contributed by atoms with E-state index in [1.807, 2.05) is 17.6 Å². The maximum atomic E-state index is 12.4. The number of fused-ring (bicyclic) bond motifs is 1. The van der Waals surface area contributed by atoms with Gasteiger partial charge < -0.3 is 23.8 Å². The van der Waals surface area contributed by atoms with E-state index >= 15 is 0 Å². The average Bonchev–Trinajstić information content (AvgIpc) is 3.40. The quantitative estimate of drug-likeness (QED) is 0.604. The third kappa shape index (κ3) is 3.70. The molecule has 0 spiro atoms. The van der Waals surface area contributed by atoms with Gasteiger partial charge in [0.2, 0.25) is 12.7 Å². The molecule has 0 bridgehead atoms. The summed E-state index contributed by atoms with van der Waals surface area (Å²) in [6, 6.07) is 7.20. The third-order valence-corrected chi connectivity index (χ3v) is 5.22. The zero-order valence-electron chi connectivity index (χ0n) is 15.6. The molecular formula is C19H20N4O4S. The Bertz CT molecular complexity index is 998. The van der Waals surface area contributed by atoms with Gasteiger partial charge in [0, 0.05) is 18.3 Å². The molecule has 3 aromatic rings. The second kappa shape index (κ2) is 7.97. The molecule has 0 saturated carbocycles. The lowest BCUT2D eigenvalue weighted by molar-refractivity contribution is -0.113. The van der Waals surface area contributed by atoms with Crippen LogP contribution in [-0.2, 0) is 11.3 Å². The van der Waals surface area contributed by atoms with E-state index < -0.39 is 0 Å². The van der Waals surface area contributed by atoms with Gasteiger partial charge in [-0.05, 0) is 31.5 Å². The first kappa shape index (κ1) is 18.4. The molecular weight excluding hydrogens is 380 g/mol. The summed E-state index contributed by atoms with van der Waals surface area (Å²) in [4.78, 5) is 12.4. The number of aromatic nitrogens is 3. The van der Waals surface area contributed by atoms with Crippen LogP contribution in [0.2, 0.25) is 0 Å². The third-order valence-electron chi connectivity index (χ3n) is 4.25. The Kier molecular flexibility index (Phi) is 5.25. The number of nitrogens with one attached hydrogen (secondary N) is 1. The molecule has 1 N–H and O–H groups in total. The van der Waals surface area contributed by atoms with Crippen LogP contribution in [-0.4, -0.2) is 33.2 Å². The van der Waals surface area contributed by atoms with Crippen molar-refractivity contribution in [1.82, 2.24) is 14.8 Å². The van der Waals surface area contributed by atoms with Gasteiger partial charge in [-0.1, -0.05) is 18.7 Å². The zero-order chi connectivity index (χ0) is 19.5. The van der Waals surface area contributed by atoms with Gasteiger partial charge in [0.25, 0.3) is 0 Å². The van der Waals surface area contributed by atoms with Crippen molar-refractivity contribution in [2.24, 2.45) is 0 Å². The lowest BCUT2D eigenvalue weighted by atomic mass is 10.2. The second-order valence-corrected chi connectivity index (χ2v) is 7.20. The number of thioether (sulfide) groups is 1. The average molecular weight is 400 g/mol. The van der Waals surface area contributed by atoms with Crippen molar-refractivity contribution in [2.45, 2.75) is 32.0 Å². The van der Waals surface area contributed by atoms with Gasteiger partial charge in [0.05, 0.1) is 17.6 Å². The number of carbonyl (C=O) groups excluding carboxylic acids is 1. The number of nitrogens with zero attached hydrogens (tertiary/aromatic N) is 3. The van der Waals surface area contributed by atoms with Crippen LogP contribution in [0.4, 0.5) is 5.69 Å². The molecule has 4 rings (SSSR count). The molecule has 9 heteroatoms. The van der Waals surface area contributed by atoms with Crippen molar-refractivity contribution < 1.29 is 18.7 Å². The van der Waals surface area contributed by atoms with Crippen molar-refractivity contribution in [3.8, 4) is 22.9 Å². The Morgan fingerprint density at radius 2 is 2.11 bits per heavy atom. The smallest absolute Gasteiger partial charge is 0.234 e. The van der Waals surface area contributed by atoms with Gasteiger partial charge >= 0.3 is 0 Å². The Hall–Kier alpha value is -2.94. The van der Waals surface area contributed by atoms with E-state index in [9.17, 15) is 4.79 Å². The molecule has 28 heavy (non-hydrogen) atoms. The van der Waals surface area contributed by atoms with Crippen LogP contribution in [0.25, 0.3) is 11.4 Å². The number of aryl methyl sites for hydroxylation is 1. The maximum Gasteiger partial charge on any atom is 0.234 e. The standard InChI is InChI=1S/C19H20N4O4S/c1-3-7-23-18(14-6-8-25-12(14)2)21-22-19(23)28-10-17(24)20-13-4-5-15-16(9-13)27-11-26-15/h4-6,8-9H,3,7,10-11H2,1-2H3,(H,20,24). The number of benzene rings is 1. The summed E-state index contributed by atoms with van der Waals surface area (Å²) < 4.78 is 18.0. The zero-order valence-corrected chi connectivity index (χ0v) is 16.4. The minimum absolute atomic E-state index is 0.129. The van der Waals surface area contributed by atoms with E-state index in [2.05, 4.69) is 22.4 Å². The second-order valence-electron chi connectivity index (χ2n) is 6.25. The van der Waals surface area contributed by atoms with E-state index in [-0.39, 0.29) is 18.5 Å². The van der Waals surface area contributed by atoms with Gasteiger partial charge in [0.1, 0.15) is 5.76 Å². The number of ether oxygens (including phenoxy) is 2. The van der Waals surface area contributed by atoms with Gasteiger partial charge in [-0.25, -0.2) is 0 Å². The van der Waals surface area contributed by atoms with Crippen LogP contribution in [0.5, 0.6) is 11.5 Å². The highest BCUT2D eigenvalue weighted by Gasteiger charge is 2.18. The van der Waals surface area contributed by atoms with Crippen LogP contribution >= 0.6 is 11.8 Å². The van der Waals surface area contributed by atoms with Crippen LogP contribution < -0.4 is 14.8 Å². The molecule has 2 aromatic heterocycles. The summed E-state index contributed by atoms with van der Waals surface area (Å²) in [6.07, 6.45) is 2.57. The highest BCUT2D eigenvalue weighted by Crippen LogP contribution is 2.34. The molecule has 1 aromatic carbocycles. The van der Waals surface area contributed by atoms with Crippen molar-refractivity contribution in [1.29, 1.82) is 0 Å². The van der Waals surface area contributed by atoms with E-state index in [1.54, 1.807) is 24.5 Å². The van der Waals surface area contributed by atoms with Crippen LogP contribution in [0.15, 0.2) is 40.1 Å². The van der Waals surface area contributed by atoms with E-state index in [4.69, 9.17) is 13.9 Å². The summed E-state index contributed by atoms with van der Waals surface area (Å²) in [5.74, 6) is 2.96. The molecule has 0 atom stereocenters. The van der Waals surface area contributed by atoms with Gasteiger partial charge in [-0.2, -0.15) is 0 Å². The van der Waals surface area contributed by atoms with Gasteiger partial charge in [0.15, 0.2) is 22.5 Å². The summed E-state index contributed by atoms with van der Waals surface area (Å²) in [6.45, 7) is 4.95. The number of hydrogen-bond donors (Lipinski definition) is 1. The van der Waals surface area contributed by atoms with Crippen molar-refractivity contribution in [2.75, 3.05) is 17.9 Å². The first-order chi connectivity index (χ1) is 13.7. The molecule has 8 nitrogen and oxygen atoms in total. The van der Waals surface area contributed by atoms with Crippen LogP contribution in [0.1, 0.15) is 19.1 Å². The summed E-state index contributed by atoms with van der Waals surface area (Å²) in [5, 5.41) is 12.2. The molecule has 0 aliphatic carbocycles. The van der Waals surface area contributed by atoms with E-state index in [1.165, 1.54) is 11.8 Å². The summed E-state index contributed by atoms with van der Waals surface area (Å²) >= 11 is 1.35. The van der Waals surface area contributed by atoms with E-state index in [0.717, 1.165) is 30.1 Å². The number of anilines is 1. The number of amides is 1. The Balaban J connectivity index is 1.43. The number of hydrogen-bond acceptors (Lipinski definition) is 7. The van der Waals surface area contributed by atoms with Gasteiger partial charge in [-0.15, -0.1) is 10.2 Å². The predicted octanol–water partition coefficient (Wildman–Crippen LogP) is 3.72. The maximum absolute atomic E-state index is 12.4. The van der Waals surface area contributed by atoms with E-state index in [0.29, 0.717) is 22.3 Å². The summed E-state index contributed by atoms with van der Waals surface area (Å²) in [5.41, 5.74) is 1.58. The van der Waals surface area contributed by atoms with Crippen LogP contribution in [0, 0.1) is 6.92 Å².